The van der Waals surface area contributed by atoms with Crippen molar-refractivity contribution < 1.29 is 37.3 Å². The highest BCUT2D eigenvalue weighted by molar-refractivity contribution is 7.45. The average molecular weight is 926 g/mol. The van der Waals surface area contributed by atoms with Gasteiger partial charge in [0, 0.05) is 13.0 Å². The molecule has 0 fully saturated rings. The Hall–Kier alpha value is -2.84. The van der Waals surface area contributed by atoms with Gasteiger partial charge in [-0.15, -0.1) is 0 Å². The summed E-state index contributed by atoms with van der Waals surface area (Å²) in [7, 11) is 1.32. The first-order valence-electron chi connectivity index (χ1n) is 25.6. The summed E-state index contributed by atoms with van der Waals surface area (Å²) >= 11 is 0. The van der Waals surface area contributed by atoms with Crippen molar-refractivity contribution in [2.75, 3.05) is 54.1 Å². The molecule has 9 heteroatoms. The van der Waals surface area contributed by atoms with Crippen molar-refractivity contribution >= 4 is 13.8 Å². The number of hydrogen-bond acceptors (Lipinski definition) is 7. The van der Waals surface area contributed by atoms with Gasteiger partial charge in [0.1, 0.15) is 19.3 Å². The maximum absolute atomic E-state index is 12.7. The van der Waals surface area contributed by atoms with Crippen LogP contribution in [-0.4, -0.2) is 70.7 Å². The SMILES string of the molecule is CC/C=C\C/C=C\C/C=C\C/C=C\C/C=C\CCCCCCCCCCOCC(COP(=O)([O-])OCC[N+](C)(C)C)OC(=O)CCCCCCCC/C=C\C/C=C\C/C=C\C/C=C\CC. The van der Waals surface area contributed by atoms with E-state index in [-0.39, 0.29) is 32.2 Å². The third-order valence-electron chi connectivity index (χ3n) is 10.3. The van der Waals surface area contributed by atoms with E-state index in [9.17, 15) is 14.3 Å². The van der Waals surface area contributed by atoms with Gasteiger partial charge in [-0.1, -0.05) is 187 Å². The number of likely N-dealkylation sites (N-methyl/N-ethyl adjacent to an activating group) is 1. The molecule has 2 unspecified atom stereocenters. The lowest BCUT2D eigenvalue weighted by molar-refractivity contribution is -0.870. The van der Waals surface area contributed by atoms with Crippen molar-refractivity contribution in [3.05, 3.63) is 109 Å². The van der Waals surface area contributed by atoms with Crippen molar-refractivity contribution in [3.63, 3.8) is 0 Å². The van der Waals surface area contributed by atoms with E-state index in [0.29, 0.717) is 17.6 Å². The molecule has 0 rings (SSSR count). The van der Waals surface area contributed by atoms with Crippen molar-refractivity contribution in [2.45, 2.75) is 187 Å². The Kier molecular flexibility index (Phi) is 45.6. The maximum Gasteiger partial charge on any atom is 0.306 e. The largest absolute Gasteiger partial charge is 0.756 e. The smallest absolute Gasteiger partial charge is 0.306 e. The number of unbranched alkanes of at least 4 members (excludes halogenated alkanes) is 14. The third kappa shape index (κ3) is 52.0. The first-order valence-corrected chi connectivity index (χ1v) is 27.1. The molecule has 0 heterocycles. The number of carbonyl (C=O) groups is 1. The Morgan fingerprint density at radius 1 is 0.477 bits per heavy atom. The first kappa shape index (κ1) is 62.2. The van der Waals surface area contributed by atoms with Gasteiger partial charge in [0.2, 0.25) is 0 Å². The van der Waals surface area contributed by atoms with Gasteiger partial charge in [0.15, 0.2) is 0 Å². The summed E-state index contributed by atoms with van der Waals surface area (Å²) in [4.78, 5) is 25.2. The van der Waals surface area contributed by atoms with Gasteiger partial charge in [-0.3, -0.25) is 9.36 Å². The molecule has 0 saturated carbocycles. The molecule has 8 nitrogen and oxygen atoms in total. The topological polar surface area (TPSA) is 94.1 Å². The third-order valence-corrected chi connectivity index (χ3v) is 11.3. The average Bonchev–Trinajstić information content (AvgIpc) is 3.27. The highest BCUT2D eigenvalue weighted by Gasteiger charge is 2.20. The molecule has 0 bridgehead atoms. The van der Waals surface area contributed by atoms with Crippen LogP contribution in [0.4, 0.5) is 0 Å². The van der Waals surface area contributed by atoms with Gasteiger partial charge >= 0.3 is 5.97 Å². The van der Waals surface area contributed by atoms with E-state index in [4.69, 9.17) is 18.5 Å². The molecule has 0 N–H and O–H groups in total. The lowest BCUT2D eigenvalue weighted by atomic mass is 10.1. The monoisotopic (exact) mass is 926 g/mol. The van der Waals surface area contributed by atoms with Crippen LogP contribution in [0.15, 0.2) is 109 Å². The fourth-order valence-electron chi connectivity index (χ4n) is 6.45. The van der Waals surface area contributed by atoms with Crippen molar-refractivity contribution in [2.24, 2.45) is 0 Å². The Morgan fingerprint density at radius 3 is 1.26 bits per heavy atom. The number of nitrogens with zero attached hydrogens (tertiary/aromatic N) is 1. The van der Waals surface area contributed by atoms with Gasteiger partial charge in [-0.2, -0.15) is 0 Å². The summed E-state index contributed by atoms with van der Waals surface area (Å²) in [5, 5.41) is 0. The van der Waals surface area contributed by atoms with Crippen molar-refractivity contribution in [1.82, 2.24) is 0 Å². The van der Waals surface area contributed by atoms with E-state index in [2.05, 4.69) is 123 Å². The number of rotatable bonds is 46. The van der Waals surface area contributed by atoms with Crippen LogP contribution < -0.4 is 4.89 Å². The van der Waals surface area contributed by atoms with Crippen LogP contribution >= 0.6 is 7.82 Å². The summed E-state index contributed by atoms with van der Waals surface area (Å²) < 4.78 is 34.7. The first-order chi connectivity index (χ1) is 31.6. The Balaban J connectivity index is 4.22. The number of phosphoric ester groups is 1. The van der Waals surface area contributed by atoms with Gasteiger partial charge in [-0.25, -0.2) is 0 Å². The fourth-order valence-corrected chi connectivity index (χ4v) is 7.17. The molecule has 0 aliphatic heterocycles. The number of quaternary nitrogens is 1. The van der Waals surface area contributed by atoms with Crippen LogP contribution in [0.1, 0.15) is 181 Å². The summed E-state index contributed by atoms with van der Waals surface area (Å²) in [6.07, 6.45) is 66.8. The molecule has 65 heavy (non-hydrogen) atoms. The lowest BCUT2D eigenvalue weighted by Crippen LogP contribution is -2.37. The normalized spacial score (nSPS) is 14.5. The number of esters is 1. The molecule has 0 radical (unpaired) electrons. The van der Waals surface area contributed by atoms with Gasteiger partial charge < -0.3 is 27.9 Å². The second-order valence-electron chi connectivity index (χ2n) is 17.8. The molecule has 0 aromatic carbocycles. The Morgan fingerprint density at radius 2 is 0.846 bits per heavy atom. The minimum Gasteiger partial charge on any atom is -0.756 e. The second-order valence-corrected chi connectivity index (χ2v) is 19.2. The quantitative estimate of drug-likeness (QED) is 0.0197. The highest BCUT2D eigenvalue weighted by Crippen LogP contribution is 2.38. The zero-order chi connectivity index (χ0) is 47.6. The van der Waals surface area contributed by atoms with Crippen LogP contribution in [0.3, 0.4) is 0 Å². The number of hydrogen-bond donors (Lipinski definition) is 0. The number of carbonyl (C=O) groups excluding carboxylic acids is 1. The maximum atomic E-state index is 12.7. The minimum atomic E-state index is -4.55. The molecule has 0 saturated heterocycles. The Bertz CT molecular complexity index is 1400. The summed E-state index contributed by atoms with van der Waals surface area (Å²) in [6.45, 7) is 5.12. The summed E-state index contributed by atoms with van der Waals surface area (Å²) in [5.74, 6) is -0.355. The summed E-state index contributed by atoms with van der Waals surface area (Å²) in [5.41, 5.74) is 0. The van der Waals surface area contributed by atoms with E-state index < -0.39 is 13.9 Å². The van der Waals surface area contributed by atoms with Crippen molar-refractivity contribution in [1.29, 1.82) is 0 Å². The van der Waals surface area contributed by atoms with Crippen molar-refractivity contribution in [3.8, 4) is 0 Å². The highest BCUT2D eigenvalue weighted by atomic mass is 31.2. The standard InChI is InChI=1S/C56H96NO7P/c1-6-8-10-12-14-16-18-20-22-24-26-27-28-29-30-32-34-36-38-40-42-44-46-48-51-61-53-55(54-63-65(59,60)62-52-50-57(3,4)5)64-56(58)49-47-45-43-41-39-37-35-33-31-25-23-21-19-17-15-13-11-9-7-2/h8-11,14-17,20-23,26-27,29-31,33,55H,6-7,12-13,18-19,24-25,28,32,34-54H2,1-5H3/b10-8-,11-9-,16-14-,17-15-,22-20-,23-21-,27-26-,30-29-,33-31-. The molecule has 0 aromatic rings. The molecule has 0 amide bonds. The molecular weight excluding hydrogens is 830 g/mol. The van der Waals surface area contributed by atoms with E-state index in [1.807, 2.05) is 21.1 Å². The predicted octanol–water partition coefficient (Wildman–Crippen LogP) is 15.3. The number of phosphoric acid groups is 1. The zero-order valence-corrected chi connectivity index (χ0v) is 43.0. The van der Waals surface area contributed by atoms with Gasteiger partial charge in [0.05, 0.1) is 34.4 Å². The summed E-state index contributed by atoms with van der Waals surface area (Å²) in [6, 6.07) is 0. The van der Waals surface area contributed by atoms with Crippen LogP contribution in [-0.2, 0) is 27.9 Å². The van der Waals surface area contributed by atoms with E-state index in [0.717, 1.165) is 116 Å². The zero-order valence-electron chi connectivity index (χ0n) is 42.1. The second kappa shape index (κ2) is 47.6. The van der Waals surface area contributed by atoms with Gasteiger partial charge in [-0.05, 0) is 96.3 Å². The lowest BCUT2D eigenvalue weighted by Gasteiger charge is -2.28. The molecule has 0 aliphatic carbocycles. The van der Waals surface area contributed by atoms with E-state index >= 15 is 0 Å². The molecule has 372 valence electrons. The molecular formula is C56H96NO7P. The minimum absolute atomic E-state index is 0.0147. The van der Waals surface area contributed by atoms with Gasteiger partial charge in [0.25, 0.3) is 7.82 Å². The number of allylic oxidation sites excluding steroid dienone is 18. The molecule has 0 spiro atoms. The molecule has 0 aromatic heterocycles. The van der Waals surface area contributed by atoms with Crippen LogP contribution in [0.2, 0.25) is 0 Å². The predicted molar refractivity (Wildman–Crippen MR) is 277 cm³/mol. The van der Waals surface area contributed by atoms with Crippen LogP contribution in [0.5, 0.6) is 0 Å². The van der Waals surface area contributed by atoms with E-state index in [1.165, 1.54) is 44.9 Å². The van der Waals surface area contributed by atoms with Crippen LogP contribution in [0.25, 0.3) is 0 Å². The number of ether oxygens (including phenoxy) is 2. The van der Waals surface area contributed by atoms with E-state index in [1.54, 1.807) is 0 Å². The molecule has 2 atom stereocenters. The van der Waals surface area contributed by atoms with Crippen LogP contribution in [0, 0.1) is 0 Å². The Labute approximate surface area is 400 Å². The molecule has 0 aliphatic rings. The fraction of sp³-hybridized carbons (Fsp3) is 0.661.